The van der Waals surface area contributed by atoms with E-state index in [1.165, 1.54) is 0 Å². The van der Waals surface area contributed by atoms with Gasteiger partial charge in [0.25, 0.3) is 0 Å². The van der Waals surface area contributed by atoms with Crippen molar-refractivity contribution in [1.82, 2.24) is 0 Å². The van der Waals surface area contributed by atoms with Crippen LogP contribution in [0.4, 0.5) is 5.69 Å². The van der Waals surface area contributed by atoms with E-state index in [0.717, 1.165) is 5.69 Å². The first-order valence-electron chi connectivity index (χ1n) is 7.40. The fourth-order valence-corrected chi connectivity index (χ4v) is 3.12. The maximum absolute atomic E-state index is 11.7. The molecule has 0 fully saturated rings. The van der Waals surface area contributed by atoms with Gasteiger partial charge in [-0.2, -0.15) is 0 Å². The molecule has 3 rings (SSSR count). The van der Waals surface area contributed by atoms with Gasteiger partial charge in [-0.25, -0.2) is 0 Å². The topological polar surface area (TPSA) is 75.8 Å². The Bertz CT molecular complexity index is 765. The van der Waals surface area contributed by atoms with Gasteiger partial charge in [-0.3, -0.25) is 10.1 Å². The second-order valence-electron chi connectivity index (χ2n) is 5.91. The van der Waals surface area contributed by atoms with Crippen LogP contribution in [0.2, 0.25) is 0 Å². The van der Waals surface area contributed by atoms with Gasteiger partial charge in [0, 0.05) is 30.9 Å². The molecule has 7 heteroatoms. The Balaban J connectivity index is 2.09. The number of ether oxygens (including phenoxy) is 1. The standard InChI is InChI=1S/C17H17ClN2O4/c1-19(2)12-9-7-11(8-10-12)16-17(18,20(22)23)15(21)13-5-3-4-6-14(13)24-16/h3-10,15-16,21H,1-2H3/t15-,16-,17+/m0/s1. The van der Waals surface area contributed by atoms with Crippen molar-refractivity contribution in [2.24, 2.45) is 0 Å². The van der Waals surface area contributed by atoms with E-state index >= 15 is 0 Å². The van der Waals surface area contributed by atoms with Crippen LogP contribution >= 0.6 is 11.6 Å². The van der Waals surface area contributed by atoms with E-state index in [2.05, 4.69) is 0 Å². The summed E-state index contributed by atoms with van der Waals surface area (Å²) in [5.41, 5.74) is 1.78. The smallest absolute Gasteiger partial charge is 0.364 e. The molecule has 0 bridgehead atoms. The number of hydrogen-bond acceptors (Lipinski definition) is 5. The van der Waals surface area contributed by atoms with Crippen molar-refractivity contribution in [2.45, 2.75) is 17.2 Å². The molecule has 2 aromatic carbocycles. The van der Waals surface area contributed by atoms with Crippen LogP contribution in [0, 0.1) is 10.1 Å². The van der Waals surface area contributed by atoms with Crippen molar-refractivity contribution in [2.75, 3.05) is 19.0 Å². The maximum Gasteiger partial charge on any atom is 0.364 e. The molecule has 126 valence electrons. The fraction of sp³-hybridized carbons (Fsp3) is 0.294. The normalized spacial score (nSPS) is 25.5. The Labute approximate surface area is 144 Å². The van der Waals surface area contributed by atoms with E-state index in [1.54, 1.807) is 36.4 Å². The predicted octanol–water partition coefficient (Wildman–Crippen LogP) is 3.13. The van der Waals surface area contributed by atoms with Crippen LogP contribution in [0.3, 0.4) is 0 Å². The van der Waals surface area contributed by atoms with E-state index in [-0.39, 0.29) is 0 Å². The summed E-state index contributed by atoms with van der Waals surface area (Å²) in [5.74, 6) is 0.393. The molecule has 1 N–H and O–H groups in total. The van der Waals surface area contributed by atoms with Crippen LogP contribution in [0.25, 0.3) is 0 Å². The number of aliphatic hydroxyl groups is 1. The first-order chi connectivity index (χ1) is 11.4. The summed E-state index contributed by atoms with van der Waals surface area (Å²) in [6.45, 7) is 0. The van der Waals surface area contributed by atoms with Crippen LogP contribution in [0.15, 0.2) is 48.5 Å². The minimum absolute atomic E-state index is 0.311. The van der Waals surface area contributed by atoms with Crippen molar-refractivity contribution < 1.29 is 14.8 Å². The lowest BCUT2D eigenvalue weighted by Crippen LogP contribution is -2.49. The maximum atomic E-state index is 11.7. The third-order valence-electron chi connectivity index (χ3n) is 4.20. The third-order valence-corrected chi connectivity index (χ3v) is 4.74. The zero-order chi connectivity index (χ0) is 17.5. The molecule has 1 heterocycles. The Hall–Kier alpha value is -2.31. The highest BCUT2D eigenvalue weighted by atomic mass is 35.5. The molecule has 1 aliphatic heterocycles. The Morgan fingerprint density at radius 3 is 2.42 bits per heavy atom. The number of anilines is 1. The largest absolute Gasteiger partial charge is 0.476 e. The highest BCUT2D eigenvalue weighted by Crippen LogP contribution is 2.51. The molecular weight excluding hydrogens is 332 g/mol. The van der Waals surface area contributed by atoms with Crippen molar-refractivity contribution in [3.63, 3.8) is 0 Å². The fourth-order valence-electron chi connectivity index (χ4n) is 2.83. The monoisotopic (exact) mass is 348 g/mol. The SMILES string of the molecule is CN(C)c1ccc([C@@H]2Oc3ccccc3[C@H](O)[C@@]2(Cl)[N+](=O)[O-])cc1. The highest BCUT2D eigenvalue weighted by Gasteiger charge is 2.61. The van der Waals surface area contributed by atoms with Gasteiger partial charge < -0.3 is 14.7 Å². The molecule has 0 aromatic heterocycles. The summed E-state index contributed by atoms with van der Waals surface area (Å²) < 4.78 is 5.82. The Kier molecular flexibility index (Phi) is 4.11. The molecule has 24 heavy (non-hydrogen) atoms. The Morgan fingerprint density at radius 2 is 1.83 bits per heavy atom. The van der Waals surface area contributed by atoms with E-state index in [9.17, 15) is 15.2 Å². The number of nitro groups is 1. The zero-order valence-electron chi connectivity index (χ0n) is 13.2. The van der Waals surface area contributed by atoms with Crippen molar-refractivity contribution in [3.05, 3.63) is 69.8 Å². The number of benzene rings is 2. The summed E-state index contributed by atoms with van der Waals surface area (Å²) in [6, 6.07) is 13.7. The number of aliphatic hydroxyl groups excluding tert-OH is 1. The second kappa shape index (κ2) is 5.96. The highest BCUT2D eigenvalue weighted by molar-refractivity contribution is 6.23. The summed E-state index contributed by atoms with van der Waals surface area (Å²) in [6.07, 6.45) is -2.60. The Morgan fingerprint density at radius 1 is 1.21 bits per heavy atom. The number of fused-ring (bicyclic) bond motifs is 1. The lowest BCUT2D eigenvalue weighted by atomic mass is 9.89. The van der Waals surface area contributed by atoms with Crippen molar-refractivity contribution >= 4 is 17.3 Å². The minimum Gasteiger partial charge on any atom is -0.476 e. The van der Waals surface area contributed by atoms with Gasteiger partial charge in [-0.1, -0.05) is 30.3 Å². The molecular formula is C17H17ClN2O4. The summed E-state index contributed by atoms with van der Waals surface area (Å²) in [5, 5.41) is 22.2. The van der Waals surface area contributed by atoms with Gasteiger partial charge in [-0.15, -0.1) is 0 Å². The van der Waals surface area contributed by atoms with E-state index < -0.39 is 22.1 Å². The molecule has 0 spiro atoms. The van der Waals surface area contributed by atoms with Gasteiger partial charge in [0.05, 0.1) is 4.92 Å². The summed E-state index contributed by atoms with van der Waals surface area (Å²) in [4.78, 5) is 10.7. The van der Waals surface area contributed by atoms with E-state index in [0.29, 0.717) is 16.9 Å². The predicted molar refractivity (Wildman–Crippen MR) is 91.1 cm³/mol. The number of alkyl halides is 1. The second-order valence-corrected chi connectivity index (χ2v) is 6.51. The van der Waals surface area contributed by atoms with Crippen LogP contribution in [0.5, 0.6) is 5.75 Å². The lowest BCUT2D eigenvalue weighted by molar-refractivity contribution is -0.570. The van der Waals surface area contributed by atoms with Crippen molar-refractivity contribution in [1.29, 1.82) is 0 Å². The molecule has 0 aliphatic carbocycles. The number of para-hydroxylation sites is 1. The average molecular weight is 349 g/mol. The number of nitrogens with zero attached hydrogens (tertiary/aromatic N) is 2. The van der Waals surface area contributed by atoms with Crippen LogP contribution in [-0.2, 0) is 0 Å². The van der Waals surface area contributed by atoms with Gasteiger partial charge in [-0.05, 0) is 29.8 Å². The van der Waals surface area contributed by atoms with Gasteiger partial charge in [0.1, 0.15) is 5.75 Å². The van der Waals surface area contributed by atoms with E-state index in [1.807, 2.05) is 31.1 Å². The molecule has 0 saturated heterocycles. The number of rotatable bonds is 3. The molecule has 0 unspecified atom stereocenters. The minimum atomic E-state index is -2.20. The quantitative estimate of drug-likeness (QED) is 0.399. The average Bonchev–Trinajstić information content (AvgIpc) is 2.58. The van der Waals surface area contributed by atoms with Gasteiger partial charge in [0.2, 0.25) is 6.10 Å². The van der Waals surface area contributed by atoms with Crippen molar-refractivity contribution in [3.8, 4) is 5.75 Å². The molecule has 3 atom stereocenters. The van der Waals surface area contributed by atoms with Gasteiger partial charge in [0.15, 0.2) is 6.10 Å². The van der Waals surface area contributed by atoms with Crippen LogP contribution < -0.4 is 9.64 Å². The molecule has 1 aliphatic rings. The molecule has 0 amide bonds. The number of hydrogen-bond donors (Lipinski definition) is 1. The molecule has 0 saturated carbocycles. The zero-order valence-corrected chi connectivity index (χ0v) is 14.0. The van der Waals surface area contributed by atoms with Crippen LogP contribution in [0.1, 0.15) is 23.3 Å². The lowest BCUT2D eigenvalue weighted by Gasteiger charge is -2.37. The number of halogens is 1. The first kappa shape index (κ1) is 16.5. The van der Waals surface area contributed by atoms with E-state index in [4.69, 9.17) is 16.3 Å². The first-order valence-corrected chi connectivity index (χ1v) is 7.78. The third kappa shape index (κ3) is 2.48. The van der Waals surface area contributed by atoms with Crippen LogP contribution in [-0.4, -0.2) is 29.1 Å². The van der Waals surface area contributed by atoms with Gasteiger partial charge >= 0.3 is 5.00 Å². The molecule has 2 aromatic rings. The molecule has 6 nitrogen and oxygen atoms in total. The summed E-state index contributed by atoms with van der Waals surface area (Å²) in [7, 11) is 3.80. The summed E-state index contributed by atoms with van der Waals surface area (Å²) >= 11 is 6.31. The molecule has 0 radical (unpaired) electrons.